The predicted molar refractivity (Wildman–Crippen MR) is 100 cm³/mol. The lowest BCUT2D eigenvalue weighted by atomic mass is 10.2. The molecule has 2 heterocycles. The van der Waals surface area contributed by atoms with Gasteiger partial charge >= 0.3 is 0 Å². The van der Waals surface area contributed by atoms with Crippen molar-refractivity contribution in [1.82, 2.24) is 10.3 Å². The summed E-state index contributed by atoms with van der Waals surface area (Å²) in [6.07, 6.45) is 4.01. The third-order valence-electron chi connectivity index (χ3n) is 4.90. The van der Waals surface area contributed by atoms with Crippen molar-refractivity contribution in [3.8, 4) is 0 Å². The van der Waals surface area contributed by atoms with Gasteiger partial charge in [-0.25, -0.2) is 4.98 Å². The fourth-order valence-electron chi connectivity index (χ4n) is 3.24. The number of carbonyl (C=O) groups excluding carboxylic acids is 1. The molecule has 1 saturated heterocycles. The molecule has 0 radical (unpaired) electrons. The van der Waals surface area contributed by atoms with Gasteiger partial charge in [-0.05, 0) is 49.6 Å². The number of carbonyl (C=O) groups is 1. The van der Waals surface area contributed by atoms with E-state index in [4.69, 9.17) is 0 Å². The van der Waals surface area contributed by atoms with Crippen molar-refractivity contribution in [2.24, 2.45) is 0 Å². The SMILES string of the molecule is Cc1cccc(N2CCN(c3ccc(C(=O)NC4CC4)nc3)CC2)c1. The molecule has 5 nitrogen and oxygen atoms in total. The van der Waals surface area contributed by atoms with E-state index in [1.807, 2.05) is 18.3 Å². The number of hydrogen-bond acceptors (Lipinski definition) is 4. The normalized spacial score (nSPS) is 17.5. The van der Waals surface area contributed by atoms with Crippen LogP contribution in [-0.2, 0) is 0 Å². The number of piperazine rings is 1. The van der Waals surface area contributed by atoms with E-state index in [2.05, 4.69) is 51.3 Å². The van der Waals surface area contributed by atoms with Crippen molar-refractivity contribution in [3.05, 3.63) is 53.9 Å². The zero-order valence-corrected chi connectivity index (χ0v) is 14.6. The molecular formula is C20H24N4O. The first-order valence-corrected chi connectivity index (χ1v) is 9.02. The molecule has 2 fully saturated rings. The number of nitrogens with zero attached hydrogens (tertiary/aromatic N) is 3. The molecule has 1 aromatic carbocycles. The predicted octanol–water partition coefficient (Wildman–Crippen LogP) is 2.61. The van der Waals surface area contributed by atoms with E-state index in [1.54, 1.807) is 0 Å². The van der Waals surface area contributed by atoms with Gasteiger partial charge in [0.05, 0.1) is 11.9 Å². The molecule has 1 aliphatic carbocycles. The van der Waals surface area contributed by atoms with Crippen molar-refractivity contribution in [2.75, 3.05) is 36.0 Å². The first-order valence-electron chi connectivity index (χ1n) is 9.02. The molecule has 1 N–H and O–H groups in total. The van der Waals surface area contributed by atoms with E-state index < -0.39 is 0 Å². The topological polar surface area (TPSA) is 48.5 Å². The average Bonchev–Trinajstić information content (AvgIpc) is 3.46. The summed E-state index contributed by atoms with van der Waals surface area (Å²) in [7, 11) is 0. The molecule has 25 heavy (non-hydrogen) atoms. The fourth-order valence-corrected chi connectivity index (χ4v) is 3.24. The van der Waals surface area contributed by atoms with E-state index in [0.29, 0.717) is 11.7 Å². The maximum absolute atomic E-state index is 12.0. The number of pyridine rings is 1. The molecule has 4 rings (SSSR count). The van der Waals surface area contributed by atoms with Gasteiger partial charge in [0.25, 0.3) is 5.91 Å². The molecule has 1 aromatic heterocycles. The molecule has 0 spiro atoms. The molecule has 130 valence electrons. The standard InChI is InChI=1S/C20H24N4O/c1-15-3-2-4-17(13-15)23-9-11-24(12-10-23)18-7-8-19(21-14-18)20(25)22-16-5-6-16/h2-4,7-8,13-14,16H,5-6,9-12H2,1H3,(H,22,25). The first kappa shape index (κ1) is 15.9. The van der Waals surface area contributed by atoms with E-state index in [9.17, 15) is 4.79 Å². The Morgan fingerprint density at radius 2 is 1.76 bits per heavy atom. The van der Waals surface area contributed by atoms with Crippen LogP contribution in [0.15, 0.2) is 42.6 Å². The van der Waals surface area contributed by atoms with Crippen molar-refractivity contribution < 1.29 is 4.79 Å². The van der Waals surface area contributed by atoms with Crippen molar-refractivity contribution in [3.63, 3.8) is 0 Å². The van der Waals surface area contributed by atoms with Crippen LogP contribution in [0.25, 0.3) is 0 Å². The smallest absolute Gasteiger partial charge is 0.270 e. The summed E-state index contributed by atoms with van der Waals surface area (Å²) in [6.45, 7) is 6.04. The molecule has 2 aromatic rings. The highest BCUT2D eigenvalue weighted by molar-refractivity contribution is 5.92. The molecule has 0 unspecified atom stereocenters. The number of anilines is 2. The Bertz CT molecular complexity index is 747. The molecule has 2 aliphatic rings. The molecule has 0 bridgehead atoms. The third kappa shape index (κ3) is 3.76. The lowest BCUT2D eigenvalue weighted by Gasteiger charge is -2.37. The quantitative estimate of drug-likeness (QED) is 0.932. The largest absolute Gasteiger partial charge is 0.368 e. The highest BCUT2D eigenvalue weighted by atomic mass is 16.2. The molecule has 1 aliphatic heterocycles. The van der Waals surface area contributed by atoms with Crippen LogP contribution in [-0.4, -0.2) is 43.1 Å². The Balaban J connectivity index is 1.36. The van der Waals surface area contributed by atoms with Crippen LogP contribution in [0.1, 0.15) is 28.9 Å². The monoisotopic (exact) mass is 336 g/mol. The van der Waals surface area contributed by atoms with Crippen LogP contribution in [0.2, 0.25) is 0 Å². The minimum absolute atomic E-state index is 0.0571. The van der Waals surface area contributed by atoms with E-state index >= 15 is 0 Å². The zero-order chi connectivity index (χ0) is 17.2. The van der Waals surface area contributed by atoms with Crippen molar-refractivity contribution >= 4 is 17.3 Å². The Morgan fingerprint density at radius 3 is 2.36 bits per heavy atom. The van der Waals surface area contributed by atoms with Gasteiger partial charge in [-0.15, -0.1) is 0 Å². The maximum atomic E-state index is 12.0. The minimum atomic E-state index is -0.0571. The van der Waals surface area contributed by atoms with Gasteiger partial charge in [-0.3, -0.25) is 4.79 Å². The van der Waals surface area contributed by atoms with E-state index in [1.165, 1.54) is 11.3 Å². The first-order chi connectivity index (χ1) is 12.2. The van der Waals surface area contributed by atoms with Crippen LogP contribution < -0.4 is 15.1 Å². The number of aryl methyl sites for hydroxylation is 1. The lowest BCUT2D eigenvalue weighted by Crippen LogP contribution is -2.46. The Labute approximate surface area is 148 Å². The summed E-state index contributed by atoms with van der Waals surface area (Å²) in [4.78, 5) is 21.1. The van der Waals surface area contributed by atoms with Crippen LogP contribution in [0.5, 0.6) is 0 Å². The van der Waals surface area contributed by atoms with Crippen molar-refractivity contribution in [1.29, 1.82) is 0 Å². The van der Waals surface area contributed by atoms with Crippen LogP contribution in [0.3, 0.4) is 0 Å². The average molecular weight is 336 g/mol. The van der Waals surface area contributed by atoms with Gasteiger partial charge < -0.3 is 15.1 Å². The van der Waals surface area contributed by atoms with Gasteiger partial charge in [-0.1, -0.05) is 12.1 Å². The number of aromatic nitrogens is 1. The fraction of sp³-hybridized carbons (Fsp3) is 0.400. The molecule has 1 amide bonds. The van der Waals surface area contributed by atoms with Crippen LogP contribution in [0.4, 0.5) is 11.4 Å². The second kappa shape index (κ2) is 6.75. The third-order valence-corrected chi connectivity index (χ3v) is 4.90. The maximum Gasteiger partial charge on any atom is 0.270 e. The van der Waals surface area contributed by atoms with Crippen molar-refractivity contribution in [2.45, 2.75) is 25.8 Å². The number of rotatable bonds is 4. The molecule has 1 saturated carbocycles. The summed E-state index contributed by atoms with van der Waals surface area (Å²) in [5.74, 6) is -0.0571. The highest BCUT2D eigenvalue weighted by Crippen LogP contribution is 2.22. The molecule has 5 heteroatoms. The van der Waals surface area contributed by atoms with E-state index in [0.717, 1.165) is 44.7 Å². The summed E-state index contributed by atoms with van der Waals surface area (Å²) in [6, 6.07) is 12.9. The Morgan fingerprint density at radius 1 is 1.04 bits per heavy atom. The molecular weight excluding hydrogens is 312 g/mol. The number of hydrogen-bond donors (Lipinski definition) is 1. The van der Waals surface area contributed by atoms with Crippen LogP contribution >= 0.6 is 0 Å². The van der Waals surface area contributed by atoms with Gasteiger partial charge in [0, 0.05) is 37.9 Å². The van der Waals surface area contributed by atoms with Gasteiger partial charge in [0.1, 0.15) is 5.69 Å². The highest BCUT2D eigenvalue weighted by Gasteiger charge is 2.24. The Hall–Kier alpha value is -2.56. The van der Waals surface area contributed by atoms with Gasteiger partial charge in [0.2, 0.25) is 0 Å². The summed E-state index contributed by atoms with van der Waals surface area (Å²) in [5.41, 5.74) is 4.19. The number of nitrogens with one attached hydrogen (secondary N) is 1. The summed E-state index contributed by atoms with van der Waals surface area (Å²) < 4.78 is 0. The Kier molecular flexibility index (Phi) is 4.30. The summed E-state index contributed by atoms with van der Waals surface area (Å²) >= 11 is 0. The van der Waals surface area contributed by atoms with Gasteiger partial charge in [0.15, 0.2) is 0 Å². The van der Waals surface area contributed by atoms with Crippen LogP contribution in [0, 0.1) is 6.92 Å². The zero-order valence-electron chi connectivity index (χ0n) is 14.6. The second-order valence-corrected chi connectivity index (χ2v) is 6.96. The minimum Gasteiger partial charge on any atom is -0.368 e. The lowest BCUT2D eigenvalue weighted by molar-refractivity contribution is 0.0946. The second-order valence-electron chi connectivity index (χ2n) is 6.96. The number of amides is 1. The summed E-state index contributed by atoms with van der Waals surface area (Å²) in [5, 5.41) is 2.98. The van der Waals surface area contributed by atoms with E-state index in [-0.39, 0.29) is 5.91 Å². The molecule has 0 atom stereocenters. The number of benzene rings is 1. The van der Waals surface area contributed by atoms with Gasteiger partial charge in [-0.2, -0.15) is 0 Å².